The largest absolute Gasteiger partial charge is 0.479 e. The van der Waals surface area contributed by atoms with Crippen LogP contribution in [0.3, 0.4) is 0 Å². The fraction of sp³-hybridized carbons (Fsp3) is 0.444. The lowest BCUT2D eigenvalue weighted by atomic mass is 10.4. The fourth-order valence-electron chi connectivity index (χ4n) is 0.999. The second-order valence-electron chi connectivity index (χ2n) is 2.67. The number of hydrogen-bond donors (Lipinski definition) is 1. The van der Waals surface area contributed by atoms with Crippen LogP contribution in [0.1, 0.15) is 13.3 Å². The highest BCUT2D eigenvalue weighted by Gasteiger charge is 2.14. The number of ether oxygens (including phenoxy) is 2. The SMILES string of the molecule is CCC(=O)Nc1c(OC)ncnc1OC. The van der Waals surface area contributed by atoms with Gasteiger partial charge in [-0.1, -0.05) is 6.92 Å². The van der Waals surface area contributed by atoms with E-state index in [0.717, 1.165) is 0 Å². The van der Waals surface area contributed by atoms with Crippen molar-refractivity contribution < 1.29 is 14.3 Å². The summed E-state index contributed by atoms with van der Waals surface area (Å²) < 4.78 is 9.97. The van der Waals surface area contributed by atoms with Gasteiger partial charge < -0.3 is 14.8 Å². The van der Waals surface area contributed by atoms with Gasteiger partial charge in [0.05, 0.1) is 14.2 Å². The van der Waals surface area contributed by atoms with Crippen LogP contribution in [0.2, 0.25) is 0 Å². The zero-order chi connectivity index (χ0) is 11.3. The van der Waals surface area contributed by atoms with Crippen molar-refractivity contribution in [2.75, 3.05) is 19.5 Å². The van der Waals surface area contributed by atoms with E-state index in [9.17, 15) is 4.79 Å². The van der Waals surface area contributed by atoms with Crippen molar-refractivity contribution in [3.63, 3.8) is 0 Å². The van der Waals surface area contributed by atoms with Gasteiger partial charge in [0.1, 0.15) is 6.33 Å². The Hall–Kier alpha value is -1.85. The molecule has 0 radical (unpaired) electrons. The molecular weight excluding hydrogens is 198 g/mol. The lowest BCUT2D eigenvalue weighted by molar-refractivity contribution is -0.115. The van der Waals surface area contributed by atoms with Gasteiger partial charge in [0.15, 0.2) is 5.69 Å². The molecule has 0 spiro atoms. The van der Waals surface area contributed by atoms with Gasteiger partial charge in [0.25, 0.3) is 0 Å². The van der Waals surface area contributed by atoms with Gasteiger partial charge in [-0.3, -0.25) is 4.79 Å². The van der Waals surface area contributed by atoms with E-state index in [1.807, 2.05) is 0 Å². The quantitative estimate of drug-likeness (QED) is 0.798. The second-order valence-corrected chi connectivity index (χ2v) is 2.67. The zero-order valence-corrected chi connectivity index (χ0v) is 8.90. The van der Waals surface area contributed by atoms with Crippen LogP contribution >= 0.6 is 0 Å². The lowest BCUT2D eigenvalue weighted by Gasteiger charge is -2.10. The topological polar surface area (TPSA) is 73.3 Å². The molecule has 0 unspecified atom stereocenters. The summed E-state index contributed by atoms with van der Waals surface area (Å²) in [6.45, 7) is 1.75. The number of rotatable bonds is 4. The highest BCUT2D eigenvalue weighted by Crippen LogP contribution is 2.29. The number of nitrogens with one attached hydrogen (secondary N) is 1. The molecule has 0 fully saturated rings. The number of anilines is 1. The standard InChI is InChI=1S/C9H13N3O3/c1-4-6(13)12-7-8(14-2)10-5-11-9(7)15-3/h5H,4H2,1-3H3,(H,12,13). The fourth-order valence-corrected chi connectivity index (χ4v) is 0.999. The van der Waals surface area contributed by atoms with Crippen LogP contribution in [0.5, 0.6) is 11.8 Å². The monoisotopic (exact) mass is 211 g/mol. The van der Waals surface area contributed by atoms with Gasteiger partial charge in [0, 0.05) is 6.42 Å². The van der Waals surface area contributed by atoms with Crippen LogP contribution < -0.4 is 14.8 Å². The molecule has 1 aromatic heterocycles. The number of carbonyl (C=O) groups excluding carboxylic acids is 1. The van der Waals surface area contributed by atoms with Crippen LogP contribution in [-0.4, -0.2) is 30.1 Å². The molecule has 6 heteroatoms. The molecule has 0 atom stereocenters. The Morgan fingerprint density at radius 2 is 1.87 bits per heavy atom. The Bertz CT molecular complexity index is 332. The molecule has 0 saturated carbocycles. The maximum atomic E-state index is 11.2. The normalized spacial score (nSPS) is 9.53. The van der Waals surface area contributed by atoms with Gasteiger partial charge >= 0.3 is 0 Å². The summed E-state index contributed by atoms with van der Waals surface area (Å²) in [5, 5.41) is 2.62. The molecule has 0 bridgehead atoms. The third kappa shape index (κ3) is 2.55. The van der Waals surface area contributed by atoms with E-state index in [1.165, 1.54) is 20.5 Å². The minimum Gasteiger partial charge on any atom is -0.479 e. The Balaban J connectivity index is 3.05. The summed E-state index contributed by atoms with van der Waals surface area (Å²) in [7, 11) is 2.92. The predicted molar refractivity (Wildman–Crippen MR) is 54.1 cm³/mol. The average molecular weight is 211 g/mol. The summed E-state index contributed by atoms with van der Waals surface area (Å²) in [4.78, 5) is 19.0. The van der Waals surface area contributed by atoms with E-state index in [2.05, 4.69) is 15.3 Å². The molecule has 0 aromatic carbocycles. The smallest absolute Gasteiger partial charge is 0.244 e. The number of hydrogen-bond acceptors (Lipinski definition) is 5. The first-order chi connectivity index (χ1) is 7.22. The van der Waals surface area contributed by atoms with E-state index in [0.29, 0.717) is 12.1 Å². The summed E-state index contributed by atoms with van der Waals surface area (Å²) >= 11 is 0. The Labute approximate surface area is 87.6 Å². The van der Waals surface area contributed by atoms with Crippen molar-refractivity contribution in [2.45, 2.75) is 13.3 Å². The number of aromatic nitrogens is 2. The molecule has 15 heavy (non-hydrogen) atoms. The molecule has 1 heterocycles. The van der Waals surface area contributed by atoms with Crippen molar-refractivity contribution in [3.05, 3.63) is 6.33 Å². The van der Waals surface area contributed by atoms with Gasteiger partial charge in [-0.2, -0.15) is 9.97 Å². The first-order valence-electron chi connectivity index (χ1n) is 4.45. The molecule has 0 saturated heterocycles. The third-order valence-corrected chi connectivity index (χ3v) is 1.75. The summed E-state index contributed by atoms with van der Waals surface area (Å²) in [5.74, 6) is 0.411. The molecule has 1 aromatic rings. The zero-order valence-electron chi connectivity index (χ0n) is 8.90. The van der Waals surface area contributed by atoms with Crippen LogP contribution in [-0.2, 0) is 4.79 Å². The molecule has 0 aliphatic carbocycles. The maximum Gasteiger partial charge on any atom is 0.244 e. The molecule has 82 valence electrons. The molecule has 1 amide bonds. The molecule has 1 rings (SSSR count). The number of methoxy groups -OCH3 is 2. The molecule has 1 N–H and O–H groups in total. The van der Waals surface area contributed by atoms with E-state index in [-0.39, 0.29) is 17.7 Å². The van der Waals surface area contributed by atoms with Gasteiger partial charge in [-0.25, -0.2) is 0 Å². The maximum absolute atomic E-state index is 11.2. The van der Waals surface area contributed by atoms with Gasteiger partial charge in [-0.15, -0.1) is 0 Å². The Kier molecular flexibility index (Phi) is 3.84. The van der Waals surface area contributed by atoms with Crippen LogP contribution in [0.15, 0.2) is 6.33 Å². The number of carbonyl (C=O) groups is 1. The molecule has 0 aliphatic rings. The van der Waals surface area contributed by atoms with Crippen LogP contribution in [0.25, 0.3) is 0 Å². The van der Waals surface area contributed by atoms with Gasteiger partial charge in [-0.05, 0) is 0 Å². The average Bonchev–Trinajstić information content (AvgIpc) is 2.29. The highest BCUT2D eigenvalue weighted by atomic mass is 16.5. The summed E-state index contributed by atoms with van der Waals surface area (Å²) in [6, 6.07) is 0. The van der Waals surface area contributed by atoms with Crippen LogP contribution in [0, 0.1) is 0 Å². The first kappa shape index (κ1) is 11.2. The number of amides is 1. The Morgan fingerprint density at radius 3 is 2.27 bits per heavy atom. The number of nitrogens with zero attached hydrogens (tertiary/aromatic N) is 2. The van der Waals surface area contributed by atoms with E-state index in [1.54, 1.807) is 6.92 Å². The first-order valence-corrected chi connectivity index (χ1v) is 4.45. The Morgan fingerprint density at radius 1 is 1.33 bits per heavy atom. The molecule has 6 nitrogen and oxygen atoms in total. The van der Waals surface area contributed by atoms with E-state index < -0.39 is 0 Å². The summed E-state index contributed by atoms with van der Waals surface area (Å²) in [6.07, 6.45) is 1.67. The lowest BCUT2D eigenvalue weighted by Crippen LogP contribution is -2.12. The third-order valence-electron chi connectivity index (χ3n) is 1.75. The van der Waals surface area contributed by atoms with Crippen molar-refractivity contribution in [1.29, 1.82) is 0 Å². The molecular formula is C9H13N3O3. The van der Waals surface area contributed by atoms with E-state index in [4.69, 9.17) is 9.47 Å². The predicted octanol–water partition coefficient (Wildman–Crippen LogP) is 0.842. The molecule has 0 aliphatic heterocycles. The minimum atomic E-state index is -0.151. The highest BCUT2D eigenvalue weighted by molar-refractivity contribution is 5.93. The van der Waals surface area contributed by atoms with Crippen molar-refractivity contribution in [1.82, 2.24) is 9.97 Å². The van der Waals surface area contributed by atoms with Gasteiger partial charge in [0.2, 0.25) is 17.7 Å². The van der Waals surface area contributed by atoms with Crippen molar-refractivity contribution in [2.24, 2.45) is 0 Å². The van der Waals surface area contributed by atoms with Crippen LogP contribution in [0.4, 0.5) is 5.69 Å². The van der Waals surface area contributed by atoms with Crippen molar-refractivity contribution in [3.8, 4) is 11.8 Å². The van der Waals surface area contributed by atoms with Crippen molar-refractivity contribution >= 4 is 11.6 Å². The second kappa shape index (κ2) is 5.14. The van der Waals surface area contributed by atoms with E-state index >= 15 is 0 Å². The minimum absolute atomic E-state index is 0.151. The summed E-state index contributed by atoms with van der Waals surface area (Å²) in [5.41, 5.74) is 0.356.